The monoisotopic (exact) mass is 465 g/mol. The highest BCUT2D eigenvalue weighted by atomic mass is 32.1. The van der Waals surface area contributed by atoms with Crippen LogP contribution >= 0.6 is 11.3 Å². The van der Waals surface area contributed by atoms with Crippen molar-refractivity contribution in [2.75, 3.05) is 50.9 Å². The van der Waals surface area contributed by atoms with Gasteiger partial charge in [0.05, 0.1) is 30.0 Å². The maximum Gasteiger partial charge on any atom is 0.260 e. The molecular weight excluding hydrogens is 434 g/mol. The number of anilines is 1. The number of rotatable bonds is 7. The van der Waals surface area contributed by atoms with Crippen LogP contribution in [-0.4, -0.2) is 61.8 Å². The van der Waals surface area contributed by atoms with E-state index in [1.807, 2.05) is 36.1 Å². The standard InChI is InChI=1S/C26H31N3O3S/c1-2-32-22-9-10-23-24(18-22)33-26(27-23)29(12-11-28-13-15-31-16-14-28)25(30)21-8-7-19-5-3-4-6-20(19)17-21/h7-10,17-18H,2-6,11-16H2,1H3. The smallest absolute Gasteiger partial charge is 0.260 e. The average molecular weight is 466 g/mol. The van der Waals surface area contributed by atoms with E-state index in [-0.39, 0.29) is 5.91 Å². The van der Waals surface area contributed by atoms with Crippen molar-refractivity contribution in [3.05, 3.63) is 53.1 Å². The zero-order valence-electron chi connectivity index (χ0n) is 19.2. The van der Waals surface area contributed by atoms with Gasteiger partial charge in [-0.05, 0) is 74.1 Å². The average Bonchev–Trinajstić information content (AvgIpc) is 3.27. The van der Waals surface area contributed by atoms with Gasteiger partial charge in [0, 0.05) is 31.7 Å². The highest BCUT2D eigenvalue weighted by Gasteiger charge is 2.24. The second-order valence-corrected chi connectivity index (χ2v) is 9.67. The van der Waals surface area contributed by atoms with Crippen molar-refractivity contribution in [3.63, 3.8) is 0 Å². The maximum absolute atomic E-state index is 13.8. The van der Waals surface area contributed by atoms with Gasteiger partial charge in [-0.1, -0.05) is 17.4 Å². The minimum Gasteiger partial charge on any atom is -0.494 e. The summed E-state index contributed by atoms with van der Waals surface area (Å²) in [7, 11) is 0. The molecule has 0 spiro atoms. The summed E-state index contributed by atoms with van der Waals surface area (Å²) in [6.45, 7) is 7.32. The Morgan fingerprint density at radius 3 is 2.76 bits per heavy atom. The van der Waals surface area contributed by atoms with Crippen LogP contribution in [0.2, 0.25) is 0 Å². The number of carbonyl (C=O) groups is 1. The first-order chi connectivity index (χ1) is 16.2. The molecule has 3 aromatic rings. The van der Waals surface area contributed by atoms with E-state index in [0.717, 1.165) is 72.4 Å². The van der Waals surface area contributed by atoms with Gasteiger partial charge < -0.3 is 9.47 Å². The van der Waals surface area contributed by atoms with Crippen LogP contribution in [0.5, 0.6) is 5.75 Å². The Morgan fingerprint density at radius 2 is 1.94 bits per heavy atom. The minimum atomic E-state index is 0.0284. The van der Waals surface area contributed by atoms with Crippen molar-refractivity contribution in [2.24, 2.45) is 0 Å². The first kappa shape index (κ1) is 22.3. The zero-order valence-corrected chi connectivity index (χ0v) is 20.0. The second kappa shape index (κ2) is 10.2. The number of fused-ring (bicyclic) bond motifs is 2. The van der Waals surface area contributed by atoms with Crippen LogP contribution in [0.4, 0.5) is 5.13 Å². The Bertz CT molecular complexity index is 1120. The molecule has 0 unspecified atom stereocenters. The third-order valence-corrected chi connectivity index (χ3v) is 7.52. The lowest BCUT2D eigenvalue weighted by molar-refractivity contribution is 0.0391. The minimum absolute atomic E-state index is 0.0284. The Balaban J connectivity index is 1.44. The Kier molecular flexibility index (Phi) is 6.90. The van der Waals surface area contributed by atoms with Crippen molar-refractivity contribution in [1.82, 2.24) is 9.88 Å². The molecule has 2 aromatic carbocycles. The van der Waals surface area contributed by atoms with Gasteiger partial charge in [0.25, 0.3) is 5.91 Å². The molecule has 0 saturated carbocycles. The molecule has 1 aliphatic carbocycles. The summed E-state index contributed by atoms with van der Waals surface area (Å²) in [5.74, 6) is 0.863. The third-order valence-electron chi connectivity index (χ3n) is 6.47. The molecule has 2 heterocycles. The number of hydrogen-bond acceptors (Lipinski definition) is 6. The molecule has 0 atom stereocenters. The number of thiazole rings is 1. The van der Waals surface area contributed by atoms with Crippen LogP contribution in [0, 0.1) is 0 Å². The zero-order chi connectivity index (χ0) is 22.6. The fourth-order valence-corrected chi connectivity index (χ4v) is 5.66. The van der Waals surface area contributed by atoms with Crippen LogP contribution in [-0.2, 0) is 17.6 Å². The van der Waals surface area contributed by atoms with E-state index < -0.39 is 0 Å². The number of ether oxygens (including phenoxy) is 2. The van der Waals surface area contributed by atoms with Gasteiger partial charge in [0.1, 0.15) is 5.75 Å². The summed E-state index contributed by atoms with van der Waals surface area (Å²) >= 11 is 1.55. The summed E-state index contributed by atoms with van der Waals surface area (Å²) in [5, 5.41) is 0.745. The van der Waals surface area contributed by atoms with E-state index >= 15 is 0 Å². The molecule has 2 aliphatic rings. The van der Waals surface area contributed by atoms with Crippen molar-refractivity contribution in [2.45, 2.75) is 32.6 Å². The summed E-state index contributed by atoms with van der Waals surface area (Å²) in [5.41, 5.74) is 4.37. The Morgan fingerprint density at radius 1 is 1.12 bits per heavy atom. The molecule has 6 nitrogen and oxygen atoms in total. The second-order valence-electron chi connectivity index (χ2n) is 8.66. The molecule has 0 radical (unpaired) electrons. The maximum atomic E-state index is 13.8. The van der Waals surface area contributed by atoms with Crippen LogP contribution in [0.3, 0.4) is 0 Å². The molecular formula is C26H31N3O3S. The summed E-state index contributed by atoms with van der Waals surface area (Å²) in [6.07, 6.45) is 4.61. The lowest BCUT2D eigenvalue weighted by atomic mass is 9.90. The van der Waals surface area contributed by atoms with E-state index in [9.17, 15) is 4.79 Å². The van der Waals surface area contributed by atoms with Crippen LogP contribution in [0.15, 0.2) is 36.4 Å². The quantitative estimate of drug-likeness (QED) is 0.512. The van der Waals surface area contributed by atoms with E-state index in [1.165, 1.54) is 24.0 Å². The first-order valence-electron chi connectivity index (χ1n) is 12.0. The van der Waals surface area contributed by atoms with Crippen molar-refractivity contribution >= 4 is 32.6 Å². The number of carbonyl (C=O) groups excluding carboxylic acids is 1. The Labute approximate surface area is 199 Å². The number of amides is 1. The number of nitrogens with zero attached hydrogens (tertiary/aromatic N) is 3. The largest absolute Gasteiger partial charge is 0.494 e. The number of benzene rings is 2. The fourth-order valence-electron chi connectivity index (χ4n) is 4.64. The van der Waals surface area contributed by atoms with E-state index in [1.54, 1.807) is 11.3 Å². The summed E-state index contributed by atoms with van der Waals surface area (Å²) in [6, 6.07) is 12.2. The molecule has 174 valence electrons. The highest BCUT2D eigenvalue weighted by Crippen LogP contribution is 2.33. The van der Waals surface area contributed by atoms with Crippen molar-refractivity contribution in [1.29, 1.82) is 0 Å². The number of aryl methyl sites for hydroxylation is 2. The van der Waals surface area contributed by atoms with Crippen LogP contribution in [0.25, 0.3) is 10.2 Å². The van der Waals surface area contributed by atoms with Gasteiger partial charge in [-0.3, -0.25) is 14.6 Å². The van der Waals surface area contributed by atoms with Gasteiger partial charge in [-0.25, -0.2) is 4.98 Å². The lowest BCUT2D eigenvalue weighted by Crippen LogP contribution is -2.43. The number of aromatic nitrogens is 1. The van der Waals surface area contributed by atoms with Gasteiger partial charge >= 0.3 is 0 Å². The van der Waals surface area contributed by atoms with E-state index in [2.05, 4.69) is 17.0 Å². The van der Waals surface area contributed by atoms with Crippen molar-refractivity contribution in [3.8, 4) is 5.75 Å². The topological polar surface area (TPSA) is 54.9 Å². The van der Waals surface area contributed by atoms with Gasteiger partial charge in [0.2, 0.25) is 0 Å². The number of morpholine rings is 1. The molecule has 0 bridgehead atoms. The number of hydrogen-bond donors (Lipinski definition) is 0. The fraction of sp³-hybridized carbons (Fsp3) is 0.462. The van der Waals surface area contributed by atoms with E-state index in [0.29, 0.717) is 13.2 Å². The Hall–Kier alpha value is -2.48. The summed E-state index contributed by atoms with van der Waals surface area (Å²) in [4.78, 5) is 22.8. The molecule has 0 N–H and O–H groups in total. The molecule has 1 saturated heterocycles. The van der Waals surface area contributed by atoms with Crippen molar-refractivity contribution < 1.29 is 14.3 Å². The normalized spacial score (nSPS) is 16.5. The van der Waals surface area contributed by atoms with E-state index in [4.69, 9.17) is 14.5 Å². The molecule has 7 heteroatoms. The van der Waals surface area contributed by atoms with Crippen LogP contribution in [0.1, 0.15) is 41.3 Å². The summed E-state index contributed by atoms with van der Waals surface area (Å²) < 4.78 is 12.2. The van der Waals surface area contributed by atoms with Gasteiger partial charge in [0.15, 0.2) is 5.13 Å². The SMILES string of the molecule is CCOc1ccc2nc(N(CCN3CCOCC3)C(=O)c3ccc4c(c3)CCCC4)sc2c1. The lowest BCUT2D eigenvalue weighted by Gasteiger charge is -2.29. The third kappa shape index (κ3) is 5.05. The first-order valence-corrected chi connectivity index (χ1v) is 12.8. The van der Waals surface area contributed by atoms with Crippen LogP contribution < -0.4 is 9.64 Å². The molecule has 1 amide bonds. The molecule has 1 fully saturated rings. The molecule has 1 aliphatic heterocycles. The molecule has 33 heavy (non-hydrogen) atoms. The van der Waals surface area contributed by atoms with Gasteiger partial charge in [-0.2, -0.15) is 0 Å². The predicted molar refractivity (Wildman–Crippen MR) is 133 cm³/mol. The highest BCUT2D eigenvalue weighted by molar-refractivity contribution is 7.22. The molecule has 5 rings (SSSR count). The predicted octanol–water partition coefficient (Wildman–Crippen LogP) is 4.55. The van der Waals surface area contributed by atoms with Gasteiger partial charge in [-0.15, -0.1) is 0 Å². The molecule has 1 aromatic heterocycles.